The second-order valence-corrected chi connectivity index (χ2v) is 7.91. The van der Waals surface area contributed by atoms with Crippen molar-refractivity contribution in [2.24, 2.45) is 12.0 Å². The topological polar surface area (TPSA) is 60.7 Å². The van der Waals surface area contributed by atoms with Gasteiger partial charge in [-0.25, -0.2) is 0 Å². The first-order chi connectivity index (χ1) is 14.1. The molecular formula is C22H36IN7. The number of aliphatic imine (C=N–C) groups is 1. The minimum absolute atomic E-state index is 0. The number of nitrogens with zero attached hydrogens (tertiary/aromatic N) is 5. The van der Waals surface area contributed by atoms with Crippen LogP contribution in [0.1, 0.15) is 31.4 Å². The van der Waals surface area contributed by atoms with E-state index in [0.717, 1.165) is 32.0 Å². The van der Waals surface area contributed by atoms with Gasteiger partial charge in [0, 0.05) is 50.2 Å². The predicted octanol–water partition coefficient (Wildman–Crippen LogP) is 2.86. The van der Waals surface area contributed by atoms with Crippen LogP contribution in [0.4, 0.5) is 5.69 Å². The molecule has 1 aromatic heterocycles. The smallest absolute Gasteiger partial charge is 0.191 e. The largest absolute Gasteiger partial charge is 0.369 e. The van der Waals surface area contributed by atoms with Gasteiger partial charge in [0.05, 0.1) is 18.8 Å². The lowest BCUT2D eigenvalue weighted by atomic mass is 10.0. The molecule has 0 bridgehead atoms. The first-order valence-corrected chi connectivity index (χ1v) is 10.6. The van der Waals surface area contributed by atoms with Gasteiger partial charge in [0.2, 0.25) is 0 Å². The molecule has 1 aromatic carbocycles. The summed E-state index contributed by atoms with van der Waals surface area (Å²) >= 11 is 0. The summed E-state index contributed by atoms with van der Waals surface area (Å²) in [4.78, 5) is 9.57. The van der Waals surface area contributed by atoms with Gasteiger partial charge in [0.25, 0.3) is 0 Å². The number of rotatable bonds is 7. The monoisotopic (exact) mass is 525 g/mol. The number of likely N-dealkylation sites (N-methyl/N-ethyl adjacent to an activating group) is 1. The summed E-state index contributed by atoms with van der Waals surface area (Å²) < 4.78 is 1.85. The molecule has 7 nitrogen and oxygen atoms in total. The second kappa shape index (κ2) is 12.1. The van der Waals surface area contributed by atoms with Gasteiger partial charge in [-0.2, -0.15) is 5.10 Å². The molecule has 1 aliphatic heterocycles. The van der Waals surface area contributed by atoms with Crippen LogP contribution in [0.5, 0.6) is 0 Å². The van der Waals surface area contributed by atoms with E-state index in [9.17, 15) is 0 Å². The molecule has 2 unspecified atom stereocenters. The molecular weight excluding hydrogens is 489 g/mol. The number of aryl methyl sites for hydroxylation is 1. The van der Waals surface area contributed by atoms with Crippen LogP contribution in [0.2, 0.25) is 0 Å². The molecule has 2 aromatic rings. The summed E-state index contributed by atoms with van der Waals surface area (Å²) in [6.45, 7) is 5.75. The van der Waals surface area contributed by atoms with Crippen LogP contribution in [-0.2, 0) is 7.05 Å². The Morgan fingerprint density at radius 3 is 2.70 bits per heavy atom. The first-order valence-electron chi connectivity index (χ1n) is 10.6. The van der Waals surface area contributed by atoms with Gasteiger partial charge < -0.3 is 20.4 Å². The molecule has 2 heterocycles. The van der Waals surface area contributed by atoms with Crippen molar-refractivity contribution in [1.82, 2.24) is 25.3 Å². The van der Waals surface area contributed by atoms with Crippen LogP contribution in [0.15, 0.2) is 47.7 Å². The van der Waals surface area contributed by atoms with Gasteiger partial charge in [-0.1, -0.05) is 18.2 Å². The Morgan fingerprint density at radius 2 is 2.07 bits per heavy atom. The Kier molecular flexibility index (Phi) is 9.90. The van der Waals surface area contributed by atoms with E-state index in [1.54, 1.807) is 0 Å². The summed E-state index contributed by atoms with van der Waals surface area (Å²) in [6, 6.07) is 11.3. The van der Waals surface area contributed by atoms with Gasteiger partial charge in [0.1, 0.15) is 0 Å². The first kappa shape index (κ1) is 24.5. The van der Waals surface area contributed by atoms with Crippen LogP contribution in [0.25, 0.3) is 0 Å². The number of piperidine rings is 1. The van der Waals surface area contributed by atoms with Crippen LogP contribution in [-0.4, -0.2) is 67.0 Å². The summed E-state index contributed by atoms with van der Waals surface area (Å²) in [5.74, 6) is 0.892. The average molecular weight is 525 g/mol. The lowest BCUT2D eigenvalue weighted by Crippen LogP contribution is -2.51. The predicted molar refractivity (Wildman–Crippen MR) is 136 cm³/mol. The van der Waals surface area contributed by atoms with E-state index >= 15 is 0 Å². The normalized spacial score (nSPS) is 18.1. The molecule has 0 saturated carbocycles. The number of benzene rings is 1. The highest BCUT2D eigenvalue weighted by atomic mass is 127. The molecule has 2 N–H and O–H groups in total. The molecule has 3 rings (SSSR count). The van der Waals surface area contributed by atoms with Gasteiger partial charge in [-0.05, 0) is 46.0 Å². The molecule has 1 saturated heterocycles. The highest BCUT2D eigenvalue weighted by molar-refractivity contribution is 14.0. The summed E-state index contributed by atoms with van der Waals surface area (Å²) in [5, 5.41) is 11.4. The Bertz CT molecular complexity index is 775. The van der Waals surface area contributed by atoms with Crippen LogP contribution >= 0.6 is 24.0 Å². The van der Waals surface area contributed by atoms with E-state index in [4.69, 9.17) is 4.99 Å². The highest BCUT2D eigenvalue weighted by Crippen LogP contribution is 2.20. The number of halogens is 1. The quantitative estimate of drug-likeness (QED) is 0.331. The number of aromatic nitrogens is 2. The van der Waals surface area contributed by atoms with Crippen molar-refractivity contribution >= 4 is 35.6 Å². The Hall–Kier alpha value is -1.81. The van der Waals surface area contributed by atoms with Crippen LogP contribution in [0.3, 0.4) is 0 Å². The van der Waals surface area contributed by atoms with Gasteiger partial charge in [-0.15, -0.1) is 24.0 Å². The number of nitrogens with one attached hydrogen (secondary N) is 2. The molecule has 2 atom stereocenters. The molecule has 166 valence electrons. The van der Waals surface area contributed by atoms with E-state index in [1.165, 1.54) is 17.7 Å². The zero-order valence-electron chi connectivity index (χ0n) is 18.6. The van der Waals surface area contributed by atoms with Crippen molar-refractivity contribution in [1.29, 1.82) is 0 Å². The van der Waals surface area contributed by atoms with Crippen molar-refractivity contribution in [2.75, 3.05) is 45.2 Å². The van der Waals surface area contributed by atoms with E-state index in [2.05, 4.69) is 83.1 Å². The third kappa shape index (κ3) is 6.87. The van der Waals surface area contributed by atoms with Crippen molar-refractivity contribution in [3.8, 4) is 0 Å². The highest BCUT2D eigenvalue weighted by Gasteiger charge is 2.21. The number of guanidine groups is 1. The number of hydrogen-bond donors (Lipinski definition) is 2. The van der Waals surface area contributed by atoms with Crippen molar-refractivity contribution < 1.29 is 0 Å². The Labute approximate surface area is 197 Å². The Morgan fingerprint density at radius 1 is 1.30 bits per heavy atom. The molecule has 30 heavy (non-hydrogen) atoms. The third-order valence-electron chi connectivity index (χ3n) is 5.38. The lowest BCUT2D eigenvalue weighted by molar-refractivity contribution is 0.306. The Balaban J connectivity index is 0.00000320. The molecule has 8 heteroatoms. The van der Waals surface area contributed by atoms with Crippen molar-refractivity contribution in [3.05, 3.63) is 48.3 Å². The van der Waals surface area contributed by atoms with E-state index in [-0.39, 0.29) is 30.0 Å². The summed E-state index contributed by atoms with van der Waals surface area (Å²) in [7, 11) is 6.13. The van der Waals surface area contributed by atoms with Crippen molar-refractivity contribution in [3.63, 3.8) is 0 Å². The van der Waals surface area contributed by atoms with Crippen molar-refractivity contribution in [2.45, 2.75) is 31.8 Å². The standard InChI is InChI=1S/C22H35N7.HI/c1-5-23-22(24-15-21(27(2)3)18-14-25-28(4)16-18)26-19-10-9-13-29(17-19)20-11-7-6-8-12-20;/h6-8,11-12,14,16,19,21H,5,9-10,13,15,17H2,1-4H3,(H2,23,24,26);1H. The number of hydrogen-bond acceptors (Lipinski definition) is 4. The second-order valence-electron chi connectivity index (χ2n) is 7.91. The summed E-state index contributed by atoms with van der Waals surface area (Å²) in [6.07, 6.45) is 6.34. The molecule has 1 fully saturated rings. The van der Waals surface area contributed by atoms with E-state index < -0.39 is 0 Å². The number of anilines is 1. The molecule has 0 spiro atoms. The van der Waals surface area contributed by atoms with Gasteiger partial charge in [0.15, 0.2) is 5.96 Å². The third-order valence-corrected chi connectivity index (χ3v) is 5.38. The number of para-hydroxylation sites is 1. The fourth-order valence-electron chi connectivity index (χ4n) is 3.84. The zero-order valence-corrected chi connectivity index (χ0v) is 20.9. The molecule has 0 radical (unpaired) electrons. The fraction of sp³-hybridized carbons (Fsp3) is 0.545. The minimum atomic E-state index is 0. The molecule has 0 amide bonds. The molecule has 0 aliphatic carbocycles. The van der Waals surface area contributed by atoms with Gasteiger partial charge in [-0.3, -0.25) is 9.67 Å². The fourth-order valence-corrected chi connectivity index (χ4v) is 3.84. The van der Waals surface area contributed by atoms with Crippen LogP contribution in [0, 0.1) is 0 Å². The maximum Gasteiger partial charge on any atom is 0.191 e. The average Bonchev–Trinajstić information content (AvgIpc) is 3.15. The van der Waals surface area contributed by atoms with E-state index in [0.29, 0.717) is 12.6 Å². The van der Waals surface area contributed by atoms with Gasteiger partial charge >= 0.3 is 0 Å². The van der Waals surface area contributed by atoms with Crippen LogP contribution < -0.4 is 15.5 Å². The molecule has 1 aliphatic rings. The summed E-state index contributed by atoms with van der Waals surface area (Å²) in [5.41, 5.74) is 2.48. The maximum absolute atomic E-state index is 4.91. The van der Waals surface area contributed by atoms with E-state index in [1.807, 2.05) is 17.9 Å². The SMILES string of the molecule is CCNC(=NCC(c1cnn(C)c1)N(C)C)NC1CCCN(c2ccccc2)C1.I. The lowest BCUT2D eigenvalue weighted by Gasteiger charge is -2.35. The minimum Gasteiger partial charge on any atom is -0.369 e. The zero-order chi connectivity index (χ0) is 20.6. The maximum atomic E-state index is 4.91.